The van der Waals surface area contributed by atoms with Crippen molar-refractivity contribution in [2.75, 3.05) is 35.4 Å². The summed E-state index contributed by atoms with van der Waals surface area (Å²) in [6.45, 7) is 8.15. The van der Waals surface area contributed by atoms with Crippen LogP contribution in [0.25, 0.3) is 10.6 Å². The number of ketones is 1. The van der Waals surface area contributed by atoms with Crippen LogP contribution in [0.2, 0.25) is 5.02 Å². The molecule has 3 aliphatic carbocycles. The molecule has 8 rings (SSSR count). The Bertz CT molecular complexity index is 1930. The van der Waals surface area contributed by atoms with Crippen molar-refractivity contribution in [2.24, 2.45) is 23.7 Å². The first-order valence-corrected chi connectivity index (χ1v) is 24.1. The van der Waals surface area contributed by atoms with Crippen molar-refractivity contribution < 1.29 is 47.5 Å². The van der Waals surface area contributed by atoms with E-state index in [-0.39, 0.29) is 84.6 Å². The molecule has 4 fully saturated rings. The second-order valence-electron chi connectivity index (χ2n) is 18.8. The maximum absolute atomic E-state index is 15.2. The Labute approximate surface area is 376 Å². The molecule has 0 radical (unpaired) electrons. The minimum absolute atomic E-state index is 0.00310. The third-order valence-electron chi connectivity index (χ3n) is 15.0. The zero-order chi connectivity index (χ0) is 44.0. The van der Waals surface area contributed by atoms with Gasteiger partial charge < -0.3 is 42.8 Å². The molecule has 342 valence electrons. The van der Waals surface area contributed by atoms with Gasteiger partial charge in [0.2, 0.25) is 0 Å². The molecule has 2 aromatic rings. The molecule has 4 heterocycles. The van der Waals surface area contributed by atoms with E-state index in [4.69, 9.17) is 54.5 Å². The molecule has 1 saturated carbocycles. The normalized spacial score (nSPS) is 40.1. The van der Waals surface area contributed by atoms with Crippen molar-refractivity contribution >= 4 is 34.7 Å². The molecule has 17 atom stereocenters. The van der Waals surface area contributed by atoms with Gasteiger partial charge in [-0.25, -0.2) is 4.98 Å². The summed E-state index contributed by atoms with van der Waals surface area (Å²) in [7, 11) is 9.14. The van der Waals surface area contributed by atoms with Crippen molar-refractivity contribution in [1.29, 1.82) is 0 Å². The Morgan fingerprint density at radius 2 is 1.68 bits per heavy atom. The first-order valence-electron chi connectivity index (χ1n) is 22.9. The fraction of sp³-hybridized carbons (Fsp3) is 0.729. The largest absolute Gasteiger partial charge is 0.462 e. The average Bonchev–Trinajstić information content (AvgIpc) is 3.97. The van der Waals surface area contributed by atoms with Crippen LogP contribution in [-0.2, 0) is 47.5 Å². The van der Waals surface area contributed by atoms with Crippen LogP contribution in [0.15, 0.2) is 35.9 Å². The molecule has 6 aliphatic rings. The van der Waals surface area contributed by atoms with E-state index in [2.05, 4.69) is 38.9 Å². The summed E-state index contributed by atoms with van der Waals surface area (Å²) in [5.41, 5.74) is 2.61. The number of cyclic esters (lactones) is 1. The summed E-state index contributed by atoms with van der Waals surface area (Å²) in [5, 5.41) is 1.51. The maximum atomic E-state index is 15.2. The van der Waals surface area contributed by atoms with Crippen molar-refractivity contribution in [2.45, 2.75) is 165 Å². The summed E-state index contributed by atoms with van der Waals surface area (Å²) >= 11 is 8.23. The van der Waals surface area contributed by atoms with Gasteiger partial charge in [0.15, 0.2) is 18.4 Å². The summed E-state index contributed by atoms with van der Waals surface area (Å²) in [6.07, 6.45) is 5.12. The van der Waals surface area contributed by atoms with Crippen LogP contribution in [0.3, 0.4) is 0 Å². The van der Waals surface area contributed by atoms with E-state index >= 15 is 4.79 Å². The molecule has 1 aromatic carbocycles. The minimum atomic E-state index is -0.669. The second kappa shape index (κ2) is 19.7. The van der Waals surface area contributed by atoms with Gasteiger partial charge in [-0.15, -0.1) is 11.3 Å². The average molecular weight is 900 g/mol. The van der Waals surface area contributed by atoms with Gasteiger partial charge >= 0.3 is 5.97 Å². The third-order valence-corrected chi connectivity index (χ3v) is 16.5. The highest BCUT2D eigenvalue weighted by atomic mass is 35.5. The molecule has 3 unspecified atom stereocenters. The number of fused-ring (bicyclic) bond motifs is 8. The fourth-order valence-electron chi connectivity index (χ4n) is 11.8. The van der Waals surface area contributed by atoms with Gasteiger partial charge in [0.25, 0.3) is 0 Å². The molecule has 14 heteroatoms. The smallest absolute Gasteiger partial charge is 0.306 e. The number of thiazole rings is 1. The molecule has 1 aromatic heterocycles. The van der Waals surface area contributed by atoms with Gasteiger partial charge in [-0.05, 0) is 109 Å². The summed E-state index contributed by atoms with van der Waals surface area (Å²) < 4.78 is 50.6. The molecule has 62 heavy (non-hydrogen) atoms. The molecule has 0 bridgehead atoms. The number of rotatable bonds is 10. The van der Waals surface area contributed by atoms with Crippen LogP contribution >= 0.6 is 22.9 Å². The molecule has 0 spiro atoms. The topological polar surface area (TPSA) is 124 Å². The molecule has 0 amide bonds. The van der Waals surface area contributed by atoms with E-state index in [1.807, 2.05) is 38.1 Å². The van der Waals surface area contributed by atoms with Gasteiger partial charge in [-0.3, -0.25) is 9.59 Å². The number of aromatic nitrogens is 1. The van der Waals surface area contributed by atoms with E-state index in [1.165, 1.54) is 4.88 Å². The van der Waals surface area contributed by atoms with E-state index in [0.717, 1.165) is 54.8 Å². The first kappa shape index (κ1) is 46.2. The zero-order valence-corrected chi connectivity index (χ0v) is 39.4. The van der Waals surface area contributed by atoms with Crippen molar-refractivity contribution in [3.63, 3.8) is 0 Å². The predicted octanol–water partition coefficient (Wildman–Crippen LogP) is 8.34. The van der Waals surface area contributed by atoms with Gasteiger partial charge in [-0.2, -0.15) is 0 Å². The number of Topliss-reactive ketones (excluding diaryl/α,β-unsaturated/α-hetero) is 1. The SMILES string of the molecule is CC[C@H]1CCC[C@H](O[C@H]2CC[C@H](N(C)C)C(C)O2)[C@@H](C)C(=O)C2=C[C@H]3[C@@H]4C[C@H](O[C@@H]5OC(C)[C@H](OC)C(OC)[C@@H]5OC)C[C@H]4c4sc(-c5cccc(Cl)c5)nc4[C@H]3[C@@H]2CC(=O)O1. The quantitative estimate of drug-likeness (QED) is 0.213. The number of allylic oxidation sites excluding steroid dienone is 2. The number of ether oxygens (including phenoxy) is 8. The van der Waals surface area contributed by atoms with Crippen LogP contribution in [0, 0.1) is 23.7 Å². The van der Waals surface area contributed by atoms with Crippen LogP contribution in [0.5, 0.6) is 0 Å². The number of halogens is 1. The highest BCUT2D eigenvalue weighted by Crippen LogP contribution is 2.63. The summed E-state index contributed by atoms with van der Waals surface area (Å²) in [4.78, 5) is 38.1. The number of methoxy groups -OCH3 is 3. The predicted molar refractivity (Wildman–Crippen MR) is 236 cm³/mol. The van der Waals surface area contributed by atoms with Crippen LogP contribution in [-0.4, -0.2) is 125 Å². The lowest BCUT2D eigenvalue weighted by atomic mass is 9.67. The molecule has 12 nitrogen and oxygen atoms in total. The minimum Gasteiger partial charge on any atom is -0.462 e. The van der Waals surface area contributed by atoms with Crippen LogP contribution < -0.4 is 0 Å². The Hall–Kier alpha value is -2.30. The van der Waals surface area contributed by atoms with Crippen molar-refractivity contribution in [1.82, 2.24) is 9.88 Å². The van der Waals surface area contributed by atoms with E-state index in [0.29, 0.717) is 29.5 Å². The number of carbonyl (C=O) groups is 2. The summed E-state index contributed by atoms with van der Waals surface area (Å²) in [5.74, 6) is -1.09. The Kier molecular flexibility index (Phi) is 14.7. The lowest BCUT2D eigenvalue weighted by Gasteiger charge is -2.44. The Balaban J connectivity index is 1.14. The maximum Gasteiger partial charge on any atom is 0.306 e. The monoisotopic (exact) mass is 898 g/mol. The van der Waals surface area contributed by atoms with E-state index < -0.39 is 30.5 Å². The molecule has 3 saturated heterocycles. The first-order chi connectivity index (χ1) is 29.8. The third kappa shape index (κ3) is 9.11. The van der Waals surface area contributed by atoms with Gasteiger partial charge in [0, 0.05) is 66.5 Å². The number of benzene rings is 1. The van der Waals surface area contributed by atoms with Crippen molar-refractivity contribution in [3.05, 3.63) is 51.5 Å². The lowest BCUT2D eigenvalue weighted by molar-refractivity contribution is -0.314. The van der Waals surface area contributed by atoms with Crippen LogP contribution in [0.4, 0.5) is 0 Å². The van der Waals surface area contributed by atoms with Gasteiger partial charge in [0.05, 0.1) is 36.5 Å². The van der Waals surface area contributed by atoms with Crippen molar-refractivity contribution in [3.8, 4) is 10.6 Å². The number of hydrogen-bond donors (Lipinski definition) is 0. The van der Waals surface area contributed by atoms with Crippen LogP contribution in [0.1, 0.15) is 108 Å². The number of nitrogens with zero attached hydrogens (tertiary/aromatic N) is 2. The highest BCUT2D eigenvalue weighted by molar-refractivity contribution is 7.15. The highest BCUT2D eigenvalue weighted by Gasteiger charge is 2.57. The number of hydrogen-bond acceptors (Lipinski definition) is 13. The summed E-state index contributed by atoms with van der Waals surface area (Å²) in [6, 6.07) is 8.11. The molecule has 3 aliphatic heterocycles. The second-order valence-corrected chi connectivity index (χ2v) is 20.2. The number of likely N-dealkylation sites (N-methyl/N-ethyl adjacent to an activating group) is 1. The molecular formula is C48H67ClN2O10S. The molecular weight excluding hydrogens is 832 g/mol. The zero-order valence-electron chi connectivity index (χ0n) is 37.8. The lowest BCUT2D eigenvalue weighted by Crippen LogP contribution is -2.59. The molecule has 0 N–H and O–H groups in total. The number of esters is 1. The van der Waals surface area contributed by atoms with E-state index in [9.17, 15) is 4.79 Å². The number of carbonyl (C=O) groups excluding carboxylic acids is 2. The fourth-order valence-corrected chi connectivity index (χ4v) is 13.3. The standard InChI is InChI=1S/C48H67ClN2O10S/c1-10-29-15-12-16-37(61-39-18-17-36(51(5)6)25(3)57-39)24(2)42(53)34-22-32-31-20-30(60-48-45(56-9)44(55-8)43(54-7)26(4)58-48)21-35(31)46-41(40(32)33(34)23-38(52)59-29)50-47(62-46)27-13-11-14-28(49)19-27/h11,13-14,19,22,24-26,29-33,35-37,39-40,43-45,48H,10,12,15-18,20-21,23H2,1-9H3/t24-,25?,26?,29+,30+,31+,32+,33-,35-,36+,37+,39+,40-,43+,44?,45+,48+/m1/s1. The Morgan fingerprint density at radius 1 is 0.903 bits per heavy atom. The Morgan fingerprint density at radius 3 is 2.37 bits per heavy atom. The van der Waals surface area contributed by atoms with Gasteiger partial charge in [0.1, 0.15) is 29.4 Å². The van der Waals surface area contributed by atoms with Gasteiger partial charge in [-0.1, -0.05) is 43.7 Å². The van der Waals surface area contributed by atoms with E-state index in [1.54, 1.807) is 32.7 Å².